The number of halogens is 3. The predicted molar refractivity (Wildman–Crippen MR) is 165 cm³/mol. The van der Waals surface area contributed by atoms with Gasteiger partial charge >= 0.3 is 30.1 Å². The van der Waals surface area contributed by atoms with E-state index in [0.717, 1.165) is 12.1 Å². The Morgan fingerprint density at radius 3 is 1.96 bits per heavy atom. The summed E-state index contributed by atoms with van der Waals surface area (Å²) in [6.45, 7) is 0.514. The molecular formula is C35H28F3NO9. The number of carbonyl (C=O) groups is 5. The van der Waals surface area contributed by atoms with E-state index in [9.17, 15) is 47.4 Å². The van der Waals surface area contributed by atoms with Gasteiger partial charge in [-0.3, -0.25) is 19.2 Å². The summed E-state index contributed by atoms with van der Waals surface area (Å²) >= 11 is 0. The molecule has 0 spiro atoms. The van der Waals surface area contributed by atoms with Crippen molar-refractivity contribution in [1.29, 1.82) is 0 Å². The van der Waals surface area contributed by atoms with E-state index < -0.39 is 60.0 Å². The Labute approximate surface area is 271 Å². The topological polar surface area (TPSA) is 156 Å². The number of amides is 1. The van der Waals surface area contributed by atoms with Gasteiger partial charge in [-0.1, -0.05) is 66.7 Å². The summed E-state index contributed by atoms with van der Waals surface area (Å²) in [6, 6.07) is 21.5. The largest absolute Gasteiger partial charge is 0.480 e. The molecule has 4 aromatic rings. The molecule has 0 aliphatic rings. The summed E-state index contributed by atoms with van der Waals surface area (Å²) in [5, 5.41) is 22.2. The van der Waals surface area contributed by atoms with Crippen molar-refractivity contribution >= 4 is 35.5 Å². The summed E-state index contributed by atoms with van der Waals surface area (Å²) in [5.41, 5.74) is -2.71. The number of hydrogen-bond acceptors (Lipinski definition) is 7. The lowest BCUT2D eigenvalue weighted by Gasteiger charge is -2.25. The SMILES string of the molecule is CCOC(=O)c1cc(CC(=O)OCC(C(=O)O)(C(=O)O)c2ccccc2)ccc1NC(=O)c1ccccc1-c1ccc(C(F)(F)F)cc1. The Bertz CT molecular complexity index is 1820. The average Bonchev–Trinajstić information content (AvgIpc) is 3.05. The van der Waals surface area contributed by atoms with Crippen LogP contribution in [-0.2, 0) is 41.9 Å². The lowest BCUT2D eigenvalue weighted by Crippen LogP contribution is -2.48. The second-order valence-electron chi connectivity index (χ2n) is 10.4. The zero-order valence-corrected chi connectivity index (χ0v) is 25.2. The number of nitrogens with one attached hydrogen (secondary N) is 1. The van der Waals surface area contributed by atoms with Crippen molar-refractivity contribution in [2.24, 2.45) is 0 Å². The Kier molecular flexibility index (Phi) is 10.6. The maximum Gasteiger partial charge on any atom is 0.416 e. The van der Waals surface area contributed by atoms with E-state index in [1.165, 1.54) is 60.7 Å². The number of anilines is 1. The highest BCUT2D eigenvalue weighted by atomic mass is 19.4. The lowest BCUT2D eigenvalue weighted by atomic mass is 9.81. The second kappa shape index (κ2) is 14.6. The Hall–Kier alpha value is -5.98. The van der Waals surface area contributed by atoms with Crippen LogP contribution >= 0.6 is 0 Å². The molecule has 4 rings (SSSR count). The van der Waals surface area contributed by atoms with Crippen LogP contribution in [0.5, 0.6) is 0 Å². The minimum absolute atomic E-state index is 0.00219. The first-order valence-corrected chi connectivity index (χ1v) is 14.3. The van der Waals surface area contributed by atoms with Gasteiger partial charge in [-0.05, 0) is 59.5 Å². The van der Waals surface area contributed by atoms with Gasteiger partial charge in [0.2, 0.25) is 5.41 Å². The molecule has 3 N–H and O–H groups in total. The summed E-state index contributed by atoms with van der Waals surface area (Å²) in [5.74, 6) is -6.01. The molecule has 4 aromatic carbocycles. The Morgan fingerprint density at radius 2 is 1.35 bits per heavy atom. The van der Waals surface area contributed by atoms with Gasteiger partial charge < -0.3 is 25.0 Å². The van der Waals surface area contributed by atoms with Crippen LogP contribution in [0.2, 0.25) is 0 Å². The quantitative estimate of drug-likeness (QED) is 0.122. The van der Waals surface area contributed by atoms with Crippen LogP contribution in [0.3, 0.4) is 0 Å². The molecule has 0 fully saturated rings. The van der Waals surface area contributed by atoms with Crippen LogP contribution in [0.1, 0.15) is 44.3 Å². The first-order valence-electron chi connectivity index (χ1n) is 14.3. The minimum Gasteiger partial charge on any atom is -0.480 e. The average molecular weight is 664 g/mol. The van der Waals surface area contributed by atoms with Crippen molar-refractivity contribution in [3.63, 3.8) is 0 Å². The number of aliphatic carboxylic acids is 2. The third-order valence-electron chi connectivity index (χ3n) is 7.32. The van der Waals surface area contributed by atoms with Crippen LogP contribution in [0.4, 0.5) is 18.9 Å². The fourth-order valence-electron chi connectivity index (χ4n) is 4.82. The van der Waals surface area contributed by atoms with Gasteiger partial charge in [0.1, 0.15) is 6.61 Å². The number of hydrogen-bond donors (Lipinski definition) is 3. The van der Waals surface area contributed by atoms with Gasteiger partial charge in [0.25, 0.3) is 5.91 Å². The molecule has 0 aliphatic heterocycles. The highest BCUT2D eigenvalue weighted by molar-refractivity contribution is 6.11. The van der Waals surface area contributed by atoms with Crippen LogP contribution in [0.25, 0.3) is 11.1 Å². The van der Waals surface area contributed by atoms with Gasteiger partial charge in [-0.25, -0.2) is 4.79 Å². The molecular weight excluding hydrogens is 635 g/mol. The normalized spacial score (nSPS) is 11.3. The van der Waals surface area contributed by atoms with Crippen molar-refractivity contribution in [3.8, 4) is 11.1 Å². The second-order valence-corrected chi connectivity index (χ2v) is 10.4. The summed E-state index contributed by atoms with van der Waals surface area (Å²) < 4.78 is 49.4. The lowest BCUT2D eigenvalue weighted by molar-refractivity contribution is -0.164. The first kappa shape index (κ1) is 34.9. The van der Waals surface area contributed by atoms with Gasteiger partial charge in [0.15, 0.2) is 0 Å². The molecule has 0 heterocycles. The van der Waals surface area contributed by atoms with Crippen molar-refractivity contribution in [1.82, 2.24) is 0 Å². The third kappa shape index (κ3) is 7.69. The molecule has 1 amide bonds. The van der Waals surface area contributed by atoms with Gasteiger partial charge in [0, 0.05) is 5.56 Å². The minimum atomic E-state index is -4.54. The van der Waals surface area contributed by atoms with E-state index in [2.05, 4.69) is 5.32 Å². The van der Waals surface area contributed by atoms with E-state index in [1.807, 2.05) is 0 Å². The van der Waals surface area contributed by atoms with Crippen molar-refractivity contribution in [2.45, 2.75) is 24.9 Å². The first-order chi connectivity index (χ1) is 22.8. The summed E-state index contributed by atoms with van der Waals surface area (Å²) in [4.78, 5) is 63.3. The highest BCUT2D eigenvalue weighted by Crippen LogP contribution is 2.32. The molecule has 0 aliphatic carbocycles. The van der Waals surface area contributed by atoms with E-state index in [4.69, 9.17) is 9.47 Å². The smallest absolute Gasteiger partial charge is 0.416 e. The highest BCUT2D eigenvalue weighted by Gasteiger charge is 2.50. The number of carbonyl (C=O) groups excluding carboxylic acids is 3. The molecule has 0 bridgehead atoms. The van der Waals surface area contributed by atoms with Gasteiger partial charge in [-0.2, -0.15) is 13.2 Å². The fraction of sp³-hybridized carbons (Fsp3) is 0.171. The molecule has 13 heteroatoms. The fourth-order valence-corrected chi connectivity index (χ4v) is 4.82. The number of alkyl halides is 3. The van der Waals surface area contributed by atoms with E-state index in [-0.39, 0.29) is 34.5 Å². The van der Waals surface area contributed by atoms with E-state index in [1.54, 1.807) is 31.2 Å². The molecule has 48 heavy (non-hydrogen) atoms. The van der Waals surface area contributed by atoms with E-state index >= 15 is 0 Å². The molecule has 0 atom stereocenters. The molecule has 0 unspecified atom stereocenters. The molecule has 0 radical (unpaired) electrons. The number of esters is 2. The maximum atomic E-state index is 13.4. The molecule has 0 saturated carbocycles. The summed E-state index contributed by atoms with van der Waals surface area (Å²) in [6.07, 6.45) is -5.03. The van der Waals surface area contributed by atoms with Crippen LogP contribution in [-0.4, -0.2) is 53.2 Å². The molecule has 0 aromatic heterocycles. The van der Waals surface area contributed by atoms with Crippen LogP contribution < -0.4 is 5.32 Å². The molecule has 10 nitrogen and oxygen atoms in total. The maximum absolute atomic E-state index is 13.4. The number of rotatable bonds is 12. The van der Waals surface area contributed by atoms with E-state index in [0.29, 0.717) is 11.1 Å². The van der Waals surface area contributed by atoms with Gasteiger partial charge in [0.05, 0.1) is 29.8 Å². The van der Waals surface area contributed by atoms with Crippen molar-refractivity contribution in [3.05, 3.63) is 125 Å². The van der Waals surface area contributed by atoms with Crippen LogP contribution in [0.15, 0.2) is 97.1 Å². The zero-order chi connectivity index (χ0) is 35.1. The monoisotopic (exact) mass is 663 g/mol. The van der Waals surface area contributed by atoms with Crippen molar-refractivity contribution < 1.29 is 56.8 Å². The van der Waals surface area contributed by atoms with Crippen LogP contribution in [0, 0.1) is 0 Å². The number of carboxylic acids is 2. The predicted octanol–water partition coefficient (Wildman–Crippen LogP) is 5.99. The Balaban J connectivity index is 1.57. The molecule has 0 saturated heterocycles. The number of ether oxygens (including phenoxy) is 2. The third-order valence-corrected chi connectivity index (χ3v) is 7.32. The molecule has 248 valence electrons. The standard InChI is InChI=1S/C35H28F3NO9/c1-2-47-31(42)27-18-21(19-29(40)48-20-34(32(43)44,33(45)46)23-8-4-3-5-9-23)12-17-28(27)39-30(41)26-11-7-6-10-25(26)22-13-15-24(16-14-22)35(36,37)38/h3-18H,2,19-20H2,1H3,(H,39,41)(H,43,44)(H,45,46). The summed E-state index contributed by atoms with van der Waals surface area (Å²) in [7, 11) is 0. The number of benzene rings is 4. The van der Waals surface area contributed by atoms with Gasteiger partial charge in [-0.15, -0.1) is 0 Å². The number of carboxylic acid groups (broad SMARTS) is 2. The van der Waals surface area contributed by atoms with Crippen molar-refractivity contribution in [2.75, 3.05) is 18.5 Å². The zero-order valence-electron chi connectivity index (χ0n) is 25.2. The Morgan fingerprint density at radius 1 is 0.729 bits per heavy atom.